The zero-order chi connectivity index (χ0) is 28.3. The highest BCUT2D eigenvalue weighted by Crippen LogP contribution is 2.35. The number of carbonyl (C=O) groups excluding carboxylic acids is 3. The molecular weight excluding hydrogens is 766 g/mol. The number of hydrogen-bond donors (Lipinski definition) is 1. The van der Waals surface area contributed by atoms with E-state index < -0.39 is 35.3 Å². The Morgan fingerprint density at radius 3 is 2.38 bits per heavy atom. The number of ether oxygens (including phenoxy) is 1. The molecule has 3 amide bonds. The number of amides is 3. The Labute approximate surface area is 251 Å². The summed E-state index contributed by atoms with van der Waals surface area (Å²) in [5.74, 6) is -1.29. The molecule has 0 atom stereocenters. The van der Waals surface area contributed by atoms with Crippen LogP contribution in [0.3, 0.4) is 0 Å². The highest BCUT2D eigenvalue weighted by molar-refractivity contribution is 14.1. The third-order valence-corrected chi connectivity index (χ3v) is 7.75. The lowest BCUT2D eigenvalue weighted by Crippen LogP contribution is -2.36. The molecule has 6 nitrogen and oxygen atoms in total. The van der Waals surface area contributed by atoms with Crippen LogP contribution in [0.25, 0.3) is 6.08 Å². The fraction of sp³-hybridized carbons (Fsp3) is 0.115. The minimum atomic E-state index is -4.58. The normalized spacial score (nSPS) is 14.7. The second-order valence-corrected chi connectivity index (χ2v) is 11.4. The topological polar surface area (TPSA) is 75.7 Å². The van der Waals surface area contributed by atoms with Crippen LogP contribution in [0.1, 0.15) is 16.7 Å². The van der Waals surface area contributed by atoms with Crippen molar-refractivity contribution in [1.82, 2.24) is 4.90 Å². The molecule has 202 valence electrons. The second-order valence-electron chi connectivity index (χ2n) is 8.13. The van der Waals surface area contributed by atoms with Gasteiger partial charge in [0.25, 0.3) is 11.1 Å². The standard InChI is InChI=1S/C26H16F4I2N2O4S/c27-17-5-1-3-14(7-17)13-38-23-19(31)8-15(9-20(23)32)10-21-24(36)34(25(37)39-21)12-22(35)33-18-6-2-4-16(11-18)26(28,29)30/h1-11H,12-13H2,(H,33,35)/b21-10-. The Kier molecular flexibility index (Phi) is 9.21. The van der Waals surface area contributed by atoms with Gasteiger partial charge < -0.3 is 10.1 Å². The van der Waals surface area contributed by atoms with Crippen LogP contribution in [0.4, 0.5) is 28.0 Å². The van der Waals surface area contributed by atoms with Crippen LogP contribution in [0, 0.1) is 13.0 Å². The zero-order valence-corrected chi connectivity index (χ0v) is 24.7. The third-order valence-electron chi connectivity index (χ3n) is 5.24. The Bertz CT molecular complexity index is 1470. The summed E-state index contributed by atoms with van der Waals surface area (Å²) in [6, 6.07) is 13.6. The van der Waals surface area contributed by atoms with Gasteiger partial charge in [-0.25, -0.2) is 4.39 Å². The van der Waals surface area contributed by atoms with Gasteiger partial charge in [0.2, 0.25) is 5.91 Å². The number of rotatable bonds is 7. The molecule has 1 aliphatic heterocycles. The van der Waals surface area contributed by atoms with Crippen molar-refractivity contribution in [2.45, 2.75) is 12.8 Å². The van der Waals surface area contributed by atoms with Gasteiger partial charge in [-0.15, -0.1) is 0 Å². The molecule has 1 aliphatic rings. The average molecular weight is 782 g/mol. The number of carbonyl (C=O) groups is 3. The molecule has 1 heterocycles. The summed E-state index contributed by atoms with van der Waals surface area (Å²) in [5.41, 5.74) is 0.225. The monoisotopic (exact) mass is 782 g/mol. The van der Waals surface area contributed by atoms with Crippen LogP contribution in [-0.2, 0) is 22.4 Å². The van der Waals surface area contributed by atoms with E-state index in [1.165, 1.54) is 24.3 Å². The predicted molar refractivity (Wildman–Crippen MR) is 155 cm³/mol. The van der Waals surface area contributed by atoms with E-state index in [1.807, 2.05) is 0 Å². The lowest BCUT2D eigenvalue weighted by Gasteiger charge is -2.13. The minimum absolute atomic E-state index is 0.0897. The van der Waals surface area contributed by atoms with Crippen molar-refractivity contribution in [2.75, 3.05) is 11.9 Å². The Balaban J connectivity index is 1.43. The van der Waals surface area contributed by atoms with Gasteiger partial charge >= 0.3 is 6.18 Å². The number of halogens is 6. The van der Waals surface area contributed by atoms with E-state index in [4.69, 9.17) is 4.74 Å². The summed E-state index contributed by atoms with van der Waals surface area (Å²) >= 11 is 4.79. The summed E-state index contributed by atoms with van der Waals surface area (Å²) in [7, 11) is 0. The fourth-order valence-electron chi connectivity index (χ4n) is 3.49. The largest absolute Gasteiger partial charge is 0.487 e. The Hall–Kier alpha value is -2.66. The molecule has 0 bridgehead atoms. The average Bonchev–Trinajstić information content (AvgIpc) is 3.10. The quantitative estimate of drug-likeness (QED) is 0.155. The first kappa shape index (κ1) is 29.3. The number of hydrogen-bond acceptors (Lipinski definition) is 5. The van der Waals surface area contributed by atoms with E-state index in [1.54, 1.807) is 24.3 Å². The number of anilines is 1. The molecule has 0 spiro atoms. The van der Waals surface area contributed by atoms with Crippen LogP contribution in [0.15, 0.2) is 65.6 Å². The van der Waals surface area contributed by atoms with E-state index in [2.05, 4.69) is 50.5 Å². The predicted octanol–water partition coefficient (Wildman–Crippen LogP) is 7.31. The molecule has 4 rings (SSSR count). The summed E-state index contributed by atoms with van der Waals surface area (Å²) in [5, 5.41) is 1.61. The summed E-state index contributed by atoms with van der Waals surface area (Å²) in [6.45, 7) is -0.495. The Morgan fingerprint density at radius 2 is 1.72 bits per heavy atom. The van der Waals surface area contributed by atoms with Crippen LogP contribution in [0.2, 0.25) is 0 Å². The van der Waals surface area contributed by atoms with Crippen molar-refractivity contribution in [3.63, 3.8) is 0 Å². The summed E-state index contributed by atoms with van der Waals surface area (Å²) < 4.78 is 59.5. The molecule has 0 aliphatic carbocycles. The number of benzene rings is 3. The molecule has 0 aromatic heterocycles. The number of nitrogens with zero attached hydrogens (tertiary/aromatic N) is 1. The van der Waals surface area contributed by atoms with Crippen molar-refractivity contribution >= 4 is 85.8 Å². The van der Waals surface area contributed by atoms with E-state index in [0.717, 1.165) is 30.2 Å². The molecule has 13 heteroatoms. The van der Waals surface area contributed by atoms with Crippen LogP contribution in [-0.4, -0.2) is 28.5 Å². The first-order valence-electron chi connectivity index (χ1n) is 11.0. The smallest absolute Gasteiger partial charge is 0.416 e. The van der Waals surface area contributed by atoms with E-state index >= 15 is 0 Å². The summed E-state index contributed by atoms with van der Waals surface area (Å²) in [6.07, 6.45) is -3.07. The third kappa shape index (κ3) is 7.51. The van der Waals surface area contributed by atoms with Gasteiger partial charge in [0, 0.05) is 5.69 Å². The highest BCUT2D eigenvalue weighted by atomic mass is 127. The maximum Gasteiger partial charge on any atom is 0.416 e. The Morgan fingerprint density at radius 1 is 1.03 bits per heavy atom. The molecule has 39 heavy (non-hydrogen) atoms. The lowest BCUT2D eigenvalue weighted by molar-refractivity contribution is -0.137. The highest BCUT2D eigenvalue weighted by Gasteiger charge is 2.36. The minimum Gasteiger partial charge on any atom is -0.487 e. The molecular formula is C26H16F4I2N2O4S. The fourth-order valence-corrected chi connectivity index (χ4v) is 6.45. The zero-order valence-electron chi connectivity index (χ0n) is 19.5. The first-order chi connectivity index (χ1) is 18.4. The van der Waals surface area contributed by atoms with Crippen LogP contribution >= 0.6 is 56.9 Å². The van der Waals surface area contributed by atoms with Crippen LogP contribution in [0.5, 0.6) is 5.75 Å². The number of thioether (sulfide) groups is 1. The molecule has 1 N–H and O–H groups in total. The molecule has 1 saturated heterocycles. The van der Waals surface area contributed by atoms with Crippen molar-refractivity contribution in [3.05, 3.63) is 95.2 Å². The van der Waals surface area contributed by atoms with Crippen LogP contribution < -0.4 is 10.1 Å². The molecule has 3 aromatic rings. The van der Waals surface area contributed by atoms with Gasteiger partial charge in [-0.05, 0) is 117 Å². The number of alkyl halides is 3. The second kappa shape index (κ2) is 12.2. The number of nitrogens with one attached hydrogen (secondary N) is 1. The van der Waals surface area contributed by atoms with Crippen molar-refractivity contribution in [1.29, 1.82) is 0 Å². The SMILES string of the molecule is O=C(CN1C(=O)S/C(=C\c2cc(I)c(OCc3cccc(F)c3)c(I)c2)C1=O)Nc1cccc(C(F)(F)F)c1. The summed E-state index contributed by atoms with van der Waals surface area (Å²) in [4.78, 5) is 38.5. The van der Waals surface area contributed by atoms with Gasteiger partial charge in [0.05, 0.1) is 17.6 Å². The van der Waals surface area contributed by atoms with Crippen molar-refractivity contribution in [3.8, 4) is 5.75 Å². The molecule has 0 unspecified atom stereocenters. The van der Waals surface area contributed by atoms with E-state index in [0.29, 0.717) is 28.6 Å². The maximum atomic E-state index is 13.4. The molecule has 3 aromatic carbocycles. The number of imide groups is 1. The van der Waals surface area contributed by atoms with E-state index in [-0.39, 0.29) is 23.0 Å². The first-order valence-corrected chi connectivity index (χ1v) is 14.0. The van der Waals surface area contributed by atoms with Gasteiger partial charge in [-0.2, -0.15) is 13.2 Å². The van der Waals surface area contributed by atoms with E-state index in [9.17, 15) is 31.9 Å². The maximum absolute atomic E-state index is 13.4. The van der Waals surface area contributed by atoms with Crippen molar-refractivity contribution < 1.29 is 36.7 Å². The van der Waals surface area contributed by atoms with Gasteiger partial charge in [-0.3, -0.25) is 19.3 Å². The van der Waals surface area contributed by atoms with Gasteiger partial charge in [0.15, 0.2) is 0 Å². The van der Waals surface area contributed by atoms with Gasteiger partial charge in [-0.1, -0.05) is 18.2 Å². The van der Waals surface area contributed by atoms with Crippen molar-refractivity contribution in [2.24, 2.45) is 0 Å². The molecule has 1 fully saturated rings. The lowest BCUT2D eigenvalue weighted by atomic mass is 10.2. The molecule has 0 saturated carbocycles. The molecule has 0 radical (unpaired) electrons. The van der Waals surface area contributed by atoms with Gasteiger partial charge in [0.1, 0.15) is 24.7 Å².